The summed E-state index contributed by atoms with van der Waals surface area (Å²) in [5.41, 5.74) is 2.61. The van der Waals surface area contributed by atoms with Crippen molar-refractivity contribution in [1.82, 2.24) is 10.7 Å². The lowest BCUT2D eigenvalue weighted by molar-refractivity contribution is 0.822. The van der Waals surface area contributed by atoms with E-state index < -0.39 is 0 Å². The second-order valence-electron chi connectivity index (χ2n) is 3.95. The number of thiophene rings is 1. The first kappa shape index (κ1) is 11.4. The third kappa shape index (κ3) is 3.21. The van der Waals surface area contributed by atoms with Gasteiger partial charge in [0.05, 0.1) is 6.54 Å². The minimum absolute atomic E-state index is 0.573. The highest BCUT2D eigenvalue weighted by atomic mass is 32.1. The van der Waals surface area contributed by atoms with Gasteiger partial charge in [-0.1, -0.05) is 6.92 Å². The highest BCUT2D eigenvalue weighted by molar-refractivity contribution is 7.11. The molecule has 0 radical (unpaired) electrons. The normalized spacial score (nSPS) is 16.2. The standard InChI is InChI=1S/C11H18N4S/c1-2-9-5-6-10(16-9)7-13-11(15-12)14-8-3-4-8/h5-6,8H,2-4,7,12H2,1H3,(H2,13,14,15). The summed E-state index contributed by atoms with van der Waals surface area (Å²) in [5, 5.41) is 3.25. The summed E-state index contributed by atoms with van der Waals surface area (Å²) in [6.07, 6.45) is 3.54. The molecule has 1 heterocycles. The molecule has 0 aliphatic heterocycles. The Balaban J connectivity index is 1.89. The van der Waals surface area contributed by atoms with Crippen LogP contribution in [0.4, 0.5) is 0 Å². The number of rotatable bonds is 4. The van der Waals surface area contributed by atoms with Gasteiger partial charge in [0.15, 0.2) is 0 Å². The molecule has 1 saturated carbocycles. The molecule has 1 aromatic rings. The van der Waals surface area contributed by atoms with E-state index in [1.807, 2.05) is 11.3 Å². The van der Waals surface area contributed by atoms with Crippen molar-refractivity contribution >= 4 is 17.3 Å². The Hall–Kier alpha value is -1.07. The number of guanidine groups is 1. The Morgan fingerprint density at radius 1 is 1.50 bits per heavy atom. The van der Waals surface area contributed by atoms with Crippen LogP contribution in [-0.2, 0) is 13.0 Å². The monoisotopic (exact) mass is 238 g/mol. The fourth-order valence-electron chi connectivity index (χ4n) is 1.41. The van der Waals surface area contributed by atoms with E-state index in [1.54, 1.807) is 0 Å². The molecule has 0 bridgehead atoms. The topological polar surface area (TPSA) is 62.4 Å². The van der Waals surface area contributed by atoms with E-state index in [0.717, 1.165) is 6.42 Å². The average Bonchev–Trinajstić information content (AvgIpc) is 3.00. The zero-order valence-electron chi connectivity index (χ0n) is 9.49. The van der Waals surface area contributed by atoms with Gasteiger partial charge in [-0.15, -0.1) is 11.3 Å². The molecule has 2 rings (SSSR count). The van der Waals surface area contributed by atoms with Gasteiger partial charge in [0.25, 0.3) is 0 Å². The number of aliphatic imine (C=N–C) groups is 1. The minimum Gasteiger partial charge on any atom is -0.353 e. The lowest BCUT2D eigenvalue weighted by Crippen LogP contribution is -2.42. The van der Waals surface area contributed by atoms with Crippen molar-refractivity contribution in [3.05, 3.63) is 21.9 Å². The Morgan fingerprint density at radius 2 is 2.25 bits per heavy atom. The molecule has 0 spiro atoms. The Labute approximate surface area is 99.9 Å². The van der Waals surface area contributed by atoms with Crippen LogP contribution < -0.4 is 16.6 Å². The predicted octanol–water partition coefficient (Wildman–Crippen LogP) is 1.38. The first-order valence-corrected chi connectivity index (χ1v) is 6.48. The van der Waals surface area contributed by atoms with Gasteiger partial charge in [-0.05, 0) is 31.4 Å². The fraction of sp³-hybridized carbons (Fsp3) is 0.545. The first-order chi connectivity index (χ1) is 7.81. The summed E-state index contributed by atoms with van der Waals surface area (Å²) < 4.78 is 0. The van der Waals surface area contributed by atoms with E-state index >= 15 is 0 Å². The van der Waals surface area contributed by atoms with Gasteiger partial charge in [-0.3, -0.25) is 5.43 Å². The molecule has 0 atom stereocenters. The van der Waals surface area contributed by atoms with Crippen molar-refractivity contribution in [2.75, 3.05) is 0 Å². The van der Waals surface area contributed by atoms with Crippen LogP contribution in [-0.4, -0.2) is 12.0 Å². The maximum absolute atomic E-state index is 5.40. The molecule has 1 aliphatic carbocycles. The van der Waals surface area contributed by atoms with Crippen LogP contribution >= 0.6 is 11.3 Å². The third-order valence-corrected chi connectivity index (χ3v) is 3.73. The van der Waals surface area contributed by atoms with E-state index in [-0.39, 0.29) is 0 Å². The molecular formula is C11H18N4S. The predicted molar refractivity (Wildman–Crippen MR) is 68.3 cm³/mol. The molecule has 1 aromatic heterocycles. The molecule has 0 amide bonds. The summed E-state index contributed by atoms with van der Waals surface area (Å²) in [7, 11) is 0. The fourth-order valence-corrected chi connectivity index (χ4v) is 2.29. The Morgan fingerprint density at radius 3 is 2.81 bits per heavy atom. The lowest BCUT2D eigenvalue weighted by atomic mass is 10.4. The SMILES string of the molecule is CCc1ccc(CN=C(NN)NC2CC2)s1. The third-order valence-electron chi connectivity index (χ3n) is 2.51. The van der Waals surface area contributed by atoms with Crippen LogP contribution in [0, 0.1) is 0 Å². The van der Waals surface area contributed by atoms with Crippen LogP contribution in [0.5, 0.6) is 0 Å². The van der Waals surface area contributed by atoms with Crippen LogP contribution in [0.3, 0.4) is 0 Å². The minimum atomic E-state index is 0.573. The van der Waals surface area contributed by atoms with Crippen molar-refractivity contribution in [2.24, 2.45) is 10.8 Å². The van der Waals surface area contributed by atoms with Crippen LogP contribution in [0.25, 0.3) is 0 Å². The van der Waals surface area contributed by atoms with Gasteiger partial charge < -0.3 is 5.32 Å². The van der Waals surface area contributed by atoms with Crippen molar-refractivity contribution < 1.29 is 0 Å². The van der Waals surface area contributed by atoms with Gasteiger partial charge in [0.1, 0.15) is 0 Å². The molecule has 88 valence electrons. The molecule has 4 N–H and O–H groups in total. The van der Waals surface area contributed by atoms with Crippen molar-refractivity contribution in [3.63, 3.8) is 0 Å². The molecular weight excluding hydrogens is 220 g/mol. The number of hydrazine groups is 1. The maximum atomic E-state index is 5.40. The van der Waals surface area contributed by atoms with E-state index in [0.29, 0.717) is 18.5 Å². The first-order valence-electron chi connectivity index (χ1n) is 5.67. The summed E-state index contributed by atoms with van der Waals surface area (Å²) in [6.45, 7) is 2.87. The quantitative estimate of drug-likeness (QED) is 0.321. The summed E-state index contributed by atoms with van der Waals surface area (Å²) in [5.74, 6) is 6.11. The largest absolute Gasteiger partial charge is 0.353 e. The summed E-state index contributed by atoms with van der Waals surface area (Å²) in [4.78, 5) is 7.11. The number of nitrogens with two attached hydrogens (primary N) is 1. The van der Waals surface area contributed by atoms with Gasteiger partial charge >= 0.3 is 0 Å². The molecule has 4 nitrogen and oxygen atoms in total. The van der Waals surface area contributed by atoms with Crippen molar-refractivity contribution in [2.45, 2.75) is 38.8 Å². The number of hydrogen-bond donors (Lipinski definition) is 3. The van der Waals surface area contributed by atoms with E-state index in [2.05, 4.69) is 34.8 Å². The Bertz CT molecular complexity index is 368. The molecule has 16 heavy (non-hydrogen) atoms. The zero-order valence-corrected chi connectivity index (χ0v) is 10.3. The smallest absolute Gasteiger partial charge is 0.206 e. The lowest BCUT2D eigenvalue weighted by Gasteiger charge is -2.06. The Kier molecular flexibility index (Phi) is 3.79. The van der Waals surface area contributed by atoms with Gasteiger partial charge in [-0.25, -0.2) is 10.8 Å². The maximum Gasteiger partial charge on any atom is 0.206 e. The number of nitrogens with zero attached hydrogens (tertiary/aromatic N) is 1. The second kappa shape index (κ2) is 5.32. The van der Waals surface area contributed by atoms with Crippen molar-refractivity contribution in [3.8, 4) is 0 Å². The number of nitrogens with one attached hydrogen (secondary N) is 2. The number of hydrogen-bond acceptors (Lipinski definition) is 3. The van der Waals surface area contributed by atoms with E-state index in [4.69, 9.17) is 5.84 Å². The molecule has 0 saturated heterocycles. The van der Waals surface area contributed by atoms with E-state index in [9.17, 15) is 0 Å². The van der Waals surface area contributed by atoms with Crippen molar-refractivity contribution in [1.29, 1.82) is 0 Å². The molecule has 5 heteroatoms. The summed E-state index contributed by atoms with van der Waals surface area (Å²) in [6, 6.07) is 4.88. The highest BCUT2D eigenvalue weighted by Gasteiger charge is 2.21. The van der Waals surface area contributed by atoms with Crippen LogP contribution in [0.1, 0.15) is 29.5 Å². The second-order valence-corrected chi connectivity index (χ2v) is 5.20. The van der Waals surface area contributed by atoms with Gasteiger partial charge in [0.2, 0.25) is 5.96 Å². The van der Waals surface area contributed by atoms with Crippen LogP contribution in [0.2, 0.25) is 0 Å². The summed E-state index contributed by atoms with van der Waals surface area (Å²) >= 11 is 1.82. The van der Waals surface area contributed by atoms with Gasteiger partial charge in [0, 0.05) is 15.8 Å². The van der Waals surface area contributed by atoms with Gasteiger partial charge in [-0.2, -0.15) is 0 Å². The van der Waals surface area contributed by atoms with Crippen LogP contribution in [0.15, 0.2) is 17.1 Å². The zero-order chi connectivity index (χ0) is 11.4. The highest BCUT2D eigenvalue weighted by Crippen LogP contribution is 2.19. The van der Waals surface area contributed by atoms with E-state index in [1.165, 1.54) is 22.6 Å². The number of aryl methyl sites for hydroxylation is 1. The molecule has 0 unspecified atom stereocenters. The molecule has 0 aromatic carbocycles. The molecule has 1 fully saturated rings. The average molecular weight is 238 g/mol. The molecule has 1 aliphatic rings.